The molecule has 0 aliphatic carbocycles. The van der Waals surface area contributed by atoms with E-state index in [0.29, 0.717) is 23.8 Å². The third-order valence-corrected chi connectivity index (χ3v) is 5.78. The Balaban J connectivity index is 1.22. The predicted molar refractivity (Wildman–Crippen MR) is 131 cm³/mol. The number of amides is 2. The Kier molecular flexibility index (Phi) is 7.59. The third kappa shape index (κ3) is 6.23. The second-order valence-electron chi connectivity index (χ2n) is 8.43. The zero-order chi connectivity index (χ0) is 23.9. The van der Waals surface area contributed by atoms with Gasteiger partial charge in [0.25, 0.3) is 0 Å². The van der Waals surface area contributed by atoms with Crippen LogP contribution in [0.3, 0.4) is 0 Å². The summed E-state index contributed by atoms with van der Waals surface area (Å²) in [6.45, 7) is 5.18. The molecule has 2 aromatic carbocycles. The minimum atomic E-state index is -0.243. The molecule has 178 valence electrons. The molecule has 1 aliphatic rings. The average molecular weight is 463 g/mol. The average Bonchev–Trinajstić information content (AvgIpc) is 3.33. The van der Waals surface area contributed by atoms with Gasteiger partial charge in [-0.05, 0) is 31.2 Å². The van der Waals surface area contributed by atoms with E-state index < -0.39 is 0 Å². The van der Waals surface area contributed by atoms with E-state index >= 15 is 0 Å². The summed E-state index contributed by atoms with van der Waals surface area (Å²) in [6, 6.07) is 15.7. The summed E-state index contributed by atoms with van der Waals surface area (Å²) in [5.74, 6) is 0.789. The fourth-order valence-corrected chi connectivity index (χ4v) is 3.76. The van der Waals surface area contributed by atoms with Crippen molar-refractivity contribution in [2.75, 3.05) is 50.1 Å². The molecule has 4 rings (SSSR count). The first kappa shape index (κ1) is 23.5. The zero-order valence-electron chi connectivity index (χ0n) is 19.6. The molecule has 3 aromatic rings. The van der Waals surface area contributed by atoms with Crippen molar-refractivity contribution in [2.45, 2.75) is 19.8 Å². The topological polar surface area (TPSA) is 87.9 Å². The highest BCUT2D eigenvalue weighted by Crippen LogP contribution is 2.22. The molecule has 1 saturated heterocycles. The Bertz CT molecular complexity index is 1100. The van der Waals surface area contributed by atoms with Crippen LogP contribution in [0.15, 0.2) is 59.1 Å². The largest absolute Gasteiger partial charge is 0.441 e. The van der Waals surface area contributed by atoms with E-state index in [0.717, 1.165) is 37.6 Å². The molecule has 0 spiro atoms. The summed E-state index contributed by atoms with van der Waals surface area (Å²) in [5, 5.41) is 2.85. The Hall–Kier alpha value is -3.65. The van der Waals surface area contributed by atoms with E-state index in [-0.39, 0.29) is 24.8 Å². The number of morpholine rings is 1. The van der Waals surface area contributed by atoms with Gasteiger partial charge in [0.1, 0.15) is 0 Å². The number of likely N-dealkylation sites (N-methyl/N-ethyl adjacent to an activating group) is 1. The summed E-state index contributed by atoms with van der Waals surface area (Å²) in [7, 11) is 1.62. The lowest BCUT2D eigenvalue weighted by atomic mass is 10.1. The van der Waals surface area contributed by atoms with Gasteiger partial charge in [0, 0.05) is 49.9 Å². The third-order valence-electron chi connectivity index (χ3n) is 5.78. The predicted octanol–water partition coefficient (Wildman–Crippen LogP) is 3.52. The number of anilines is 2. The molecule has 8 nitrogen and oxygen atoms in total. The van der Waals surface area contributed by atoms with Gasteiger partial charge in [-0.1, -0.05) is 29.8 Å². The van der Waals surface area contributed by atoms with Crippen LogP contribution in [0.2, 0.25) is 0 Å². The Morgan fingerprint density at radius 3 is 2.47 bits per heavy atom. The maximum Gasteiger partial charge on any atom is 0.243 e. The SMILES string of the molecule is Cc1ccc(-c2cnc(CCC(=O)N(C)CC(=O)Nc3ccc(N4CCOCC4)cc3)o2)cc1. The summed E-state index contributed by atoms with van der Waals surface area (Å²) >= 11 is 0. The second kappa shape index (κ2) is 11.0. The number of hydrogen-bond acceptors (Lipinski definition) is 6. The maximum absolute atomic E-state index is 12.5. The Morgan fingerprint density at radius 1 is 1.06 bits per heavy atom. The van der Waals surface area contributed by atoms with Crippen molar-refractivity contribution < 1.29 is 18.7 Å². The molecule has 2 amide bonds. The number of aromatic nitrogens is 1. The number of oxazole rings is 1. The van der Waals surface area contributed by atoms with Gasteiger partial charge in [-0.25, -0.2) is 4.98 Å². The Morgan fingerprint density at radius 2 is 1.76 bits per heavy atom. The maximum atomic E-state index is 12.5. The molecule has 0 radical (unpaired) electrons. The van der Waals surface area contributed by atoms with E-state index in [1.165, 1.54) is 10.5 Å². The number of carbonyl (C=O) groups excluding carboxylic acids is 2. The zero-order valence-corrected chi connectivity index (χ0v) is 19.6. The van der Waals surface area contributed by atoms with Crippen molar-refractivity contribution >= 4 is 23.2 Å². The number of carbonyl (C=O) groups is 2. The van der Waals surface area contributed by atoms with Crippen LogP contribution in [-0.4, -0.2) is 61.6 Å². The monoisotopic (exact) mass is 462 g/mol. The molecule has 1 aromatic heterocycles. The van der Waals surface area contributed by atoms with Gasteiger partial charge in [0.2, 0.25) is 11.8 Å². The van der Waals surface area contributed by atoms with Gasteiger partial charge in [0.05, 0.1) is 26.0 Å². The second-order valence-corrected chi connectivity index (χ2v) is 8.43. The van der Waals surface area contributed by atoms with E-state index in [2.05, 4.69) is 15.2 Å². The Labute approximate surface area is 199 Å². The minimum absolute atomic E-state index is 0.0236. The number of rotatable bonds is 8. The van der Waals surface area contributed by atoms with Crippen molar-refractivity contribution in [1.82, 2.24) is 9.88 Å². The van der Waals surface area contributed by atoms with Crippen molar-refractivity contribution in [2.24, 2.45) is 0 Å². The lowest BCUT2D eigenvalue weighted by Crippen LogP contribution is -2.36. The van der Waals surface area contributed by atoms with Gasteiger partial charge in [-0.15, -0.1) is 0 Å². The van der Waals surface area contributed by atoms with Gasteiger partial charge >= 0.3 is 0 Å². The first-order valence-electron chi connectivity index (χ1n) is 11.5. The van der Waals surface area contributed by atoms with Gasteiger partial charge < -0.3 is 24.3 Å². The van der Waals surface area contributed by atoms with Crippen LogP contribution >= 0.6 is 0 Å². The lowest BCUT2D eigenvalue weighted by Gasteiger charge is -2.28. The van der Waals surface area contributed by atoms with Crippen LogP contribution in [0.5, 0.6) is 0 Å². The van der Waals surface area contributed by atoms with Crippen LogP contribution in [0.25, 0.3) is 11.3 Å². The first-order chi connectivity index (χ1) is 16.5. The molecule has 2 heterocycles. The highest BCUT2D eigenvalue weighted by molar-refractivity contribution is 5.94. The number of nitrogens with one attached hydrogen (secondary N) is 1. The van der Waals surface area contributed by atoms with Crippen molar-refractivity contribution in [3.8, 4) is 11.3 Å². The molecular weight excluding hydrogens is 432 g/mol. The molecule has 0 saturated carbocycles. The summed E-state index contributed by atoms with van der Waals surface area (Å²) < 4.78 is 11.2. The summed E-state index contributed by atoms with van der Waals surface area (Å²) in [6.07, 6.45) is 2.26. The molecule has 8 heteroatoms. The van der Waals surface area contributed by atoms with Gasteiger partial charge in [0.15, 0.2) is 11.7 Å². The highest BCUT2D eigenvalue weighted by Gasteiger charge is 2.16. The molecule has 1 aliphatic heterocycles. The molecular formula is C26H30N4O4. The van der Waals surface area contributed by atoms with Crippen molar-refractivity contribution in [1.29, 1.82) is 0 Å². The van der Waals surface area contributed by atoms with Crippen LogP contribution < -0.4 is 10.2 Å². The number of nitrogens with zero attached hydrogens (tertiary/aromatic N) is 3. The molecule has 0 bridgehead atoms. The number of aryl methyl sites for hydroxylation is 2. The highest BCUT2D eigenvalue weighted by atomic mass is 16.5. The van der Waals surface area contributed by atoms with Crippen LogP contribution in [0.4, 0.5) is 11.4 Å². The fourth-order valence-electron chi connectivity index (χ4n) is 3.76. The smallest absolute Gasteiger partial charge is 0.243 e. The van der Waals surface area contributed by atoms with Crippen molar-refractivity contribution in [3.05, 3.63) is 66.2 Å². The molecule has 0 atom stereocenters. The van der Waals surface area contributed by atoms with E-state index in [1.54, 1.807) is 13.2 Å². The summed E-state index contributed by atoms with van der Waals surface area (Å²) in [4.78, 5) is 32.9. The molecule has 0 unspecified atom stereocenters. The first-order valence-corrected chi connectivity index (χ1v) is 11.5. The van der Waals surface area contributed by atoms with Crippen LogP contribution in [0.1, 0.15) is 17.9 Å². The van der Waals surface area contributed by atoms with Crippen LogP contribution in [0, 0.1) is 6.92 Å². The van der Waals surface area contributed by atoms with Gasteiger partial charge in [-0.2, -0.15) is 0 Å². The molecule has 1 N–H and O–H groups in total. The number of benzene rings is 2. The lowest BCUT2D eigenvalue weighted by molar-refractivity contribution is -0.133. The normalized spacial score (nSPS) is 13.5. The minimum Gasteiger partial charge on any atom is -0.441 e. The standard InChI is InChI=1S/C26H30N4O4/c1-19-3-5-20(6-4-19)23-17-27-25(34-23)11-12-26(32)29(2)18-24(31)28-21-7-9-22(10-8-21)30-13-15-33-16-14-30/h3-10,17H,11-16,18H2,1-2H3,(H,28,31). The number of ether oxygens (including phenoxy) is 1. The van der Waals surface area contributed by atoms with Crippen LogP contribution in [-0.2, 0) is 20.7 Å². The van der Waals surface area contributed by atoms with E-state index in [9.17, 15) is 9.59 Å². The molecule has 1 fully saturated rings. The summed E-state index contributed by atoms with van der Waals surface area (Å²) in [5.41, 5.74) is 3.92. The van der Waals surface area contributed by atoms with Gasteiger partial charge in [-0.3, -0.25) is 9.59 Å². The quantitative estimate of drug-likeness (QED) is 0.551. The van der Waals surface area contributed by atoms with Crippen molar-refractivity contribution in [3.63, 3.8) is 0 Å². The number of hydrogen-bond donors (Lipinski definition) is 1. The molecule has 34 heavy (non-hydrogen) atoms. The van der Waals surface area contributed by atoms with E-state index in [4.69, 9.17) is 9.15 Å². The fraction of sp³-hybridized carbons (Fsp3) is 0.346. The van der Waals surface area contributed by atoms with E-state index in [1.807, 2.05) is 55.5 Å².